The third-order valence-corrected chi connectivity index (χ3v) is 9.88. The maximum atomic E-state index is 14.1. The molecule has 7 aromatic carbocycles. The fourth-order valence-electron chi connectivity index (χ4n) is 7.18. The number of aliphatic imine (C=N–C) groups is 3. The van der Waals surface area contributed by atoms with Crippen LogP contribution in [0.4, 0.5) is 0 Å². The van der Waals surface area contributed by atoms with Gasteiger partial charge in [-0.3, -0.25) is 9.79 Å². The molecule has 7 nitrogen and oxygen atoms in total. The Morgan fingerprint density at radius 3 is 1.49 bits per heavy atom. The third-order valence-electron chi connectivity index (χ3n) is 9.88. The van der Waals surface area contributed by atoms with Crippen LogP contribution in [0.25, 0.3) is 56.4 Å². The number of hydrogen-bond donors (Lipinski definition) is 0. The quantitative estimate of drug-likeness (QED) is 0.115. The van der Waals surface area contributed by atoms with Gasteiger partial charge in [0, 0.05) is 50.1 Å². The van der Waals surface area contributed by atoms with E-state index in [0.717, 1.165) is 55.6 Å². The van der Waals surface area contributed by atoms with Crippen molar-refractivity contribution < 1.29 is 4.79 Å². The van der Waals surface area contributed by atoms with Crippen molar-refractivity contribution in [3.8, 4) is 56.4 Å². The van der Waals surface area contributed by atoms with Crippen molar-refractivity contribution in [2.45, 2.75) is 6.54 Å². The van der Waals surface area contributed by atoms with Gasteiger partial charge < -0.3 is 0 Å². The Morgan fingerprint density at radius 1 is 0.456 bits per heavy atom. The van der Waals surface area contributed by atoms with E-state index < -0.39 is 0 Å². The summed E-state index contributed by atoms with van der Waals surface area (Å²) in [5, 5.41) is 0. The molecule has 0 bridgehead atoms. The highest BCUT2D eigenvalue weighted by molar-refractivity contribution is 6.25. The van der Waals surface area contributed by atoms with Gasteiger partial charge in [-0.05, 0) is 29.5 Å². The topological polar surface area (TPSA) is 92.8 Å². The lowest BCUT2D eigenvalue weighted by molar-refractivity contribution is 0.104. The normalized spacial score (nSPS) is 12.2. The predicted molar refractivity (Wildman–Crippen MR) is 230 cm³/mol. The first-order valence-electron chi connectivity index (χ1n) is 18.6. The van der Waals surface area contributed by atoms with Gasteiger partial charge in [-0.2, -0.15) is 0 Å². The summed E-state index contributed by atoms with van der Waals surface area (Å²) in [6, 6.07) is 59.4. The molecule has 0 spiro atoms. The lowest BCUT2D eigenvalue weighted by Gasteiger charge is -2.14. The van der Waals surface area contributed by atoms with Gasteiger partial charge in [-0.15, -0.1) is 0 Å². The summed E-state index contributed by atoms with van der Waals surface area (Å²) in [6.07, 6.45) is 0. The summed E-state index contributed by atoms with van der Waals surface area (Å²) < 4.78 is 0. The molecule has 0 N–H and O–H groups in total. The lowest BCUT2D eigenvalue weighted by Crippen LogP contribution is -2.05. The van der Waals surface area contributed by atoms with Gasteiger partial charge in [-0.1, -0.05) is 176 Å². The smallest absolute Gasteiger partial charge is 0.194 e. The minimum Gasteiger partial charge on any atom is -0.289 e. The predicted octanol–water partition coefficient (Wildman–Crippen LogP) is 10.8. The Morgan fingerprint density at radius 2 is 0.912 bits per heavy atom. The van der Waals surface area contributed by atoms with Crippen molar-refractivity contribution in [1.82, 2.24) is 15.0 Å². The van der Waals surface area contributed by atoms with Crippen LogP contribution in [-0.2, 0) is 6.54 Å². The number of nitrogens with zero attached hydrogens (tertiary/aromatic N) is 6. The van der Waals surface area contributed by atoms with Crippen LogP contribution in [0.3, 0.4) is 0 Å². The second-order valence-corrected chi connectivity index (χ2v) is 13.5. The van der Waals surface area contributed by atoms with Crippen molar-refractivity contribution in [2.24, 2.45) is 15.0 Å². The number of carbonyl (C=O) groups is 1. The molecule has 0 saturated carbocycles. The molecule has 1 heterocycles. The second kappa shape index (κ2) is 15.5. The first-order chi connectivity index (χ1) is 28.1. The van der Waals surface area contributed by atoms with Crippen LogP contribution in [0.5, 0.6) is 0 Å². The fourth-order valence-corrected chi connectivity index (χ4v) is 7.18. The van der Waals surface area contributed by atoms with Gasteiger partial charge in [0.05, 0.1) is 6.54 Å². The molecule has 0 unspecified atom stereocenters. The number of amidine groups is 2. The van der Waals surface area contributed by atoms with Gasteiger partial charge >= 0.3 is 0 Å². The molecule has 9 rings (SSSR count). The monoisotopic (exact) mass is 734 g/mol. The molecule has 0 radical (unpaired) electrons. The zero-order valence-electron chi connectivity index (χ0n) is 30.8. The van der Waals surface area contributed by atoms with E-state index >= 15 is 0 Å². The number of benzene rings is 7. The second-order valence-electron chi connectivity index (χ2n) is 13.5. The largest absolute Gasteiger partial charge is 0.289 e. The lowest BCUT2D eigenvalue weighted by atomic mass is 9.91. The SMILES string of the molecule is C=NC(=NC(=NCc1cccc(-c2cccc3c2-c2c(cccc2-c2nc(-c4ccccc4)nc(-c4ccccc4)n2)C3=O)c1)c1ccccc1)c1ccccc1. The number of aromatic nitrogens is 3. The highest BCUT2D eigenvalue weighted by Crippen LogP contribution is 2.47. The minimum absolute atomic E-state index is 0.0273. The summed E-state index contributed by atoms with van der Waals surface area (Å²) in [5.41, 5.74) is 10.1. The van der Waals surface area contributed by atoms with E-state index in [2.05, 4.69) is 36.0 Å². The highest BCUT2D eigenvalue weighted by Gasteiger charge is 2.32. The number of ketones is 1. The van der Waals surface area contributed by atoms with Crippen LogP contribution in [0.15, 0.2) is 197 Å². The Bertz CT molecular complexity index is 2780. The summed E-state index contributed by atoms with van der Waals surface area (Å²) >= 11 is 0. The van der Waals surface area contributed by atoms with Crippen LogP contribution >= 0.6 is 0 Å². The Kier molecular flexibility index (Phi) is 9.53. The molecule has 7 heteroatoms. The Hall–Kier alpha value is -7.77. The molecular weight excluding hydrogens is 701 g/mol. The van der Waals surface area contributed by atoms with Crippen molar-refractivity contribution >= 4 is 24.2 Å². The molecule has 8 aromatic rings. The third kappa shape index (κ3) is 7.01. The van der Waals surface area contributed by atoms with Crippen LogP contribution in [0.1, 0.15) is 32.6 Å². The number of hydrogen-bond acceptors (Lipinski definition) is 5. The van der Waals surface area contributed by atoms with Crippen molar-refractivity contribution in [1.29, 1.82) is 0 Å². The average molecular weight is 735 g/mol. The maximum Gasteiger partial charge on any atom is 0.194 e. The maximum absolute atomic E-state index is 14.1. The molecule has 0 atom stereocenters. The standard InChI is InChI=1S/C50H34N6O/c1-51-46(34-18-6-2-7-19-34)53-47(35-20-8-3-9-21-35)52-32-33-17-14-26-38(31-33)39-27-15-28-40-43(39)44-41(45(40)57)29-16-30-42(44)50-55-48(36-22-10-4-11-23-36)54-49(56-50)37-24-12-5-13-25-37/h2-31H,1,32H2. The molecule has 0 saturated heterocycles. The summed E-state index contributed by atoms with van der Waals surface area (Å²) in [7, 11) is 0. The number of rotatable bonds is 8. The Labute approximate surface area is 330 Å². The molecule has 270 valence electrons. The van der Waals surface area contributed by atoms with Crippen LogP contribution in [0, 0.1) is 0 Å². The van der Waals surface area contributed by atoms with E-state index in [1.165, 1.54) is 0 Å². The van der Waals surface area contributed by atoms with Gasteiger partial charge in [0.2, 0.25) is 0 Å². The van der Waals surface area contributed by atoms with Gasteiger partial charge in [-0.25, -0.2) is 24.9 Å². The van der Waals surface area contributed by atoms with E-state index in [4.69, 9.17) is 24.9 Å². The molecule has 0 aliphatic heterocycles. The fraction of sp³-hybridized carbons (Fsp3) is 0.0200. The van der Waals surface area contributed by atoms with Gasteiger partial charge in [0.1, 0.15) is 0 Å². The molecule has 0 amide bonds. The molecule has 0 fully saturated rings. The highest BCUT2D eigenvalue weighted by atomic mass is 16.1. The molecule has 57 heavy (non-hydrogen) atoms. The van der Waals surface area contributed by atoms with E-state index in [-0.39, 0.29) is 5.78 Å². The number of fused-ring (bicyclic) bond motifs is 3. The first kappa shape index (κ1) is 35.0. The molecule has 1 aliphatic rings. The summed E-state index contributed by atoms with van der Waals surface area (Å²) in [4.78, 5) is 43.2. The zero-order valence-corrected chi connectivity index (χ0v) is 30.8. The molecule has 1 aromatic heterocycles. The van der Waals surface area contributed by atoms with E-state index in [9.17, 15) is 4.79 Å². The first-order valence-corrected chi connectivity index (χ1v) is 18.6. The van der Waals surface area contributed by atoms with E-state index in [0.29, 0.717) is 46.8 Å². The van der Waals surface area contributed by atoms with E-state index in [1.807, 2.05) is 158 Å². The van der Waals surface area contributed by atoms with Crippen molar-refractivity contribution in [3.63, 3.8) is 0 Å². The molecular formula is C50H34N6O. The number of carbonyl (C=O) groups excluding carboxylic acids is 1. The summed E-state index contributed by atoms with van der Waals surface area (Å²) in [6.45, 7) is 4.16. The van der Waals surface area contributed by atoms with Crippen LogP contribution in [-0.4, -0.2) is 39.1 Å². The van der Waals surface area contributed by atoms with Crippen LogP contribution < -0.4 is 0 Å². The van der Waals surface area contributed by atoms with Gasteiger partial charge in [0.15, 0.2) is 34.9 Å². The van der Waals surface area contributed by atoms with Crippen molar-refractivity contribution in [2.75, 3.05) is 0 Å². The average Bonchev–Trinajstić information content (AvgIpc) is 3.59. The molecule has 1 aliphatic carbocycles. The van der Waals surface area contributed by atoms with E-state index in [1.54, 1.807) is 0 Å². The van der Waals surface area contributed by atoms with Crippen molar-refractivity contribution in [3.05, 3.63) is 210 Å². The Balaban J connectivity index is 1.14. The van der Waals surface area contributed by atoms with Gasteiger partial charge in [0.25, 0.3) is 0 Å². The van der Waals surface area contributed by atoms with Crippen LogP contribution in [0.2, 0.25) is 0 Å². The zero-order chi connectivity index (χ0) is 38.6. The summed E-state index contributed by atoms with van der Waals surface area (Å²) in [5.74, 6) is 2.63. The minimum atomic E-state index is -0.0273.